The lowest BCUT2D eigenvalue weighted by atomic mass is 10.4. The Morgan fingerprint density at radius 3 is 2.36 bits per heavy atom. The second-order valence-corrected chi connectivity index (χ2v) is 4.34. The molecule has 1 atom stereocenters. The van der Waals surface area contributed by atoms with Gasteiger partial charge in [0, 0.05) is 11.4 Å². The number of aliphatic carboxylic acids is 1. The van der Waals surface area contributed by atoms with Crippen LogP contribution in [0.5, 0.6) is 0 Å². The molecule has 76 valence electrons. The Bertz CT molecular complexity index is 334. The topological polar surface area (TPSA) is 63.1 Å². The highest BCUT2D eigenvalue weighted by atomic mass is 32.2. The second kappa shape index (κ2) is 4.41. The highest BCUT2D eigenvalue weighted by Gasteiger charge is 2.14. The molecule has 1 N–H and O–H groups in total. The summed E-state index contributed by atoms with van der Waals surface area (Å²) in [5, 5.41) is 8.71. The summed E-state index contributed by atoms with van der Waals surface area (Å²) in [5.74, 6) is -0.849. The number of hydrogen-bond acceptors (Lipinski definition) is 4. The van der Waals surface area contributed by atoms with Crippen LogP contribution >= 0.6 is 11.8 Å². The van der Waals surface area contributed by atoms with Crippen LogP contribution in [0.4, 0.5) is 0 Å². The lowest BCUT2D eigenvalue weighted by molar-refractivity contribution is -0.136. The number of hydrogen-bond donors (Lipinski definition) is 1. The van der Waals surface area contributed by atoms with Gasteiger partial charge in [-0.25, -0.2) is 9.97 Å². The van der Waals surface area contributed by atoms with Gasteiger partial charge in [0.2, 0.25) is 0 Å². The van der Waals surface area contributed by atoms with Gasteiger partial charge in [-0.3, -0.25) is 4.79 Å². The lowest BCUT2D eigenvalue weighted by Gasteiger charge is -2.05. The fourth-order valence-corrected chi connectivity index (χ4v) is 1.77. The molecule has 0 aromatic carbocycles. The standard InChI is InChI=1S/C9H12N2O2S/c1-5-4-6(2)11-9(10-5)14-7(3)8(12)13/h4,7H,1-3H3,(H,12,13)/t7-/m1/s1. The first-order chi connectivity index (χ1) is 6.49. The van der Waals surface area contributed by atoms with Crippen molar-refractivity contribution >= 4 is 17.7 Å². The van der Waals surface area contributed by atoms with Gasteiger partial charge in [0.15, 0.2) is 5.16 Å². The third kappa shape index (κ3) is 2.99. The molecule has 1 heterocycles. The maximum Gasteiger partial charge on any atom is 0.316 e. The molecule has 0 aliphatic rings. The van der Waals surface area contributed by atoms with E-state index in [2.05, 4.69) is 9.97 Å². The minimum Gasteiger partial charge on any atom is -0.480 e. The number of nitrogens with zero attached hydrogens (tertiary/aromatic N) is 2. The Balaban J connectivity index is 2.81. The van der Waals surface area contributed by atoms with Gasteiger partial charge >= 0.3 is 5.97 Å². The van der Waals surface area contributed by atoms with E-state index in [1.54, 1.807) is 6.92 Å². The van der Waals surface area contributed by atoms with E-state index in [0.717, 1.165) is 23.1 Å². The minimum absolute atomic E-state index is 0.517. The Kier molecular flexibility index (Phi) is 3.46. The van der Waals surface area contributed by atoms with Crippen molar-refractivity contribution in [1.82, 2.24) is 9.97 Å². The van der Waals surface area contributed by atoms with Crippen LogP contribution in [0.3, 0.4) is 0 Å². The summed E-state index contributed by atoms with van der Waals surface area (Å²) in [4.78, 5) is 18.9. The molecule has 0 saturated carbocycles. The Morgan fingerprint density at radius 1 is 1.43 bits per heavy atom. The number of thioether (sulfide) groups is 1. The molecule has 0 aliphatic carbocycles. The van der Waals surface area contributed by atoms with Crippen LogP contribution in [-0.4, -0.2) is 26.3 Å². The first-order valence-electron chi connectivity index (χ1n) is 4.21. The van der Waals surface area contributed by atoms with E-state index in [1.165, 1.54) is 0 Å². The summed E-state index contributed by atoms with van der Waals surface area (Å²) in [6.45, 7) is 5.35. The van der Waals surface area contributed by atoms with Crippen LogP contribution in [0, 0.1) is 13.8 Å². The Hall–Kier alpha value is -1.10. The summed E-state index contributed by atoms with van der Waals surface area (Å²) in [6.07, 6.45) is 0. The zero-order valence-corrected chi connectivity index (χ0v) is 9.13. The predicted octanol–water partition coefficient (Wildman–Crippen LogP) is 1.66. The van der Waals surface area contributed by atoms with Crippen LogP contribution < -0.4 is 0 Å². The zero-order valence-electron chi connectivity index (χ0n) is 8.31. The molecule has 1 aromatic rings. The third-order valence-corrected chi connectivity index (χ3v) is 2.54. The largest absolute Gasteiger partial charge is 0.480 e. The second-order valence-electron chi connectivity index (χ2n) is 3.03. The number of carboxylic acids is 1. The molecule has 0 bridgehead atoms. The average Bonchev–Trinajstić information content (AvgIpc) is 2.01. The van der Waals surface area contributed by atoms with Gasteiger partial charge in [-0.1, -0.05) is 11.8 Å². The fourth-order valence-electron chi connectivity index (χ4n) is 0.955. The van der Waals surface area contributed by atoms with Crippen molar-refractivity contribution in [2.75, 3.05) is 0 Å². The summed E-state index contributed by atoms with van der Waals surface area (Å²) in [7, 11) is 0. The van der Waals surface area contributed by atoms with Crippen molar-refractivity contribution < 1.29 is 9.90 Å². The smallest absolute Gasteiger partial charge is 0.316 e. The maximum atomic E-state index is 10.6. The molecule has 0 unspecified atom stereocenters. The van der Waals surface area contributed by atoms with Crippen molar-refractivity contribution in [2.45, 2.75) is 31.2 Å². The van der Waals surface area contributed by atoms with E-state index in [4.69, 9.17) is 5.11 Å². The number of rotatable bonds is 3. The van der Waals surface area contributed by atoms with E-state index in [-0.39, 0.29) is 0 Å². The first kappa shape index (κ1) is 11.0. The first-order valence-corrected chi connectivity index (χ1v) is 5.09. The zero-order chi connectivity index (χ0) is 10.7. The van der Waals surface area contributed by atoms with Crippen molar-refractivity contribution in [3.63, 3.8) is 0 Å². The van der Waals surface area contributed by atoms with Crippen LogP contribution in [-0.2, 0) is 4.79 Å². The van der Waals surface area contributed by atoms with E-state index in [9.17, 15) is 4.79 Å². The average molecular weight is 212 g/mol. The van der Waals surface area contributed by atoms with Crippen LogP contribution in [0.25, 0.3) is 0 Å². The SMILES string of the molecule is Cc1cc(C)nc(S[C@H](C)C(=O)O)n1. The summed E-state index contributed by atoms with van der Waals surface area (Å²) in [6, 6.07) is 1.86. The number of carboxylic acid groups (broad SMARTS) is 1. The lowest BCUT2D eigenvalue weighted by Crippen LogP contribution is -2.12. The molecule has 0 saturated heterocycles. The molecule has 0 spiro atoms. The molecule has 0 amide bonds. The van der Waals surface area contributed by atoms with Gasteiger partial charge in [-0.15, -0.1) is 0 Å². The summed E-state index contributed by atoms with van der Waals surface area (Å²) >= 11 is 1.16. The number of aryl methyl sites for hydroxylation is 2. The van der Waals surface area contributed by atoms with Gasteiger partial charge in [-0.05, 0) is 26.8 Å². The van der Waals surface area contributed by atoms with Crippen LogP contribution in [0.1, 0.15) is 18.3 Å². The van der Waals surface area contributed by atoms with E-state index in [1.807, 2.05) is 19.9 Å². The maximum absolute atomic E-state index is 10.6. The molecule has 0 aliphatic heterocycles. The number of carbonyl (C=O) groups is 1. The molecule has 1 aromatic heterocycles. The van der Waals surface area contributed by atoms with Gasteiger partial charge in [-0.2, -0.15) is 0 Å². The van der Waals surface area contributed by atoms with Crippen LogP contribution in [0.2, 0.25) is 0 Å². The monoisotopic (exact) mass is 212 g/mol. The van der Waals surface area contributed by atoms with E-state index in [0.29, 0.717) is 5.16 Å². The van der Waals surface area contributed by atoms with Gasteiger partial charge < -0.3 is 5.11 Å². The summed E-state index contributed by atoms with van der Waals surface area (Å²) < 4.78 is 0. The minimum atomic E-state index is -0.849. The molecule has 4 nitrogen and oxygen atoms in total. The third-order valence-electron chi connectivity index (χ3n) is 1.59. The van der Waals surface area contributed by atoms with Gasteiger partial charge in [0.25, 0.3) is 0 Å². The van der Waals surface area contributed by atoms with Gasteiger partial charge in [0.1, 0.15) is 5.25 Å². The highest BCUT2D eigenvalue weighted by Crippen LogP contribution is 2.19. The van der Waals surface area contributed by atoms with Crippen molar-refractivity contribution in [3.8, 4) is 0 Å². The molecular formula is C9H12N2O2S. The van der Waals surface area contributed by atoms with Crippen molar-refractivity contribution in [2.24, 2.45) is 0 Å². The number of aromatic nitrogens is 2. The summed E-state index contributed by atoms with van der Waals surface area (Å²) in [5.41, 5.74) is 1.72. The van der Waals surface area contributed by atoms with E-state index < -0.39 is 11.2 Å². The van der Waals surface area contributed by atoms with E-state index >= 15 is 0 Å². The van der Waals surface area contributed by atoms with Crippen LogP contribution in [0.15, 0.2) is 11.2 Å². The normalized spacial score (nSPS) is 12.5. The molecular weight excluding hydrogens is 200 g/mol. The van der Waals surface area contributed by atoms with Crippen molar-refractivity contribution in [3.05, 3.63) is 17.5 Å². The molecule has 1 rings (SSSR count). The van der Waals surface area contributed by atoms with Crippen molar-refractivity contribution in [1.29, 1.82) is 0 Å². The molecule has 14 heavy (non-hydrogen) atoms. The van der Waals surface area contributed by atoms with Gasteiger partial charge in [0.05, 0.1) is 0 Å². The quantitative estimate of drug-likeness (QED) is 0.609. The molecule has 0 fully saturated rings. The Labute approximate surface area is 86.8 Å². The molecule has 5 heteroatoms. The Morgan fingerprint density at radius 2 is 1.93 bits per heavy atom. The highest BCUT2D eigenvalue weighted by molar-refractivity contribution is 8.00. The fraction of sp³-hybridized carbons (Fsp3) is 0.444. The molecule has 0 radical (unpaired) electrons. The predicted molar refractivity (Wildman–Crippen MR) is 54.5 cm³/mol.